The molecule has 6 heteroatoms. The zero-order chi connectivity index (χ0) is 20.1. The Kier molecular flexibility index (Phi) is 5.79. The molecule has 0 saturated carbocycles. The number of nitrogens with one attached hydrogen (secondary N) is 3. The lowest BCUT2D eigenvalue weighted by molar-refractivity contribution is -0.116. The zero-order valence-corrected chi connectivity index (χ0v) is 16.1. The lowest BCUT2D eigenvalue weighted by Crippen LogP contribution is -2.32. The molecule has 0 aliphatic heterocycles. The predicted molar refractivity (Wildman–Crippen MR) is 113 cm³/mol. The molecule has 3 N–H and O–H groups in total. The van der Waals surface area contributed by atoms with Gasteiger partial charge in [0.2, 0.25) is 11.8 Å². The van der Waals surface area contributed by atoms with E-state index in [1.54, 1.807) is 32.2 Å². The smallest absolute Gasteiger partial charge is 0.246 e. The van der Waals surface area contributed by atoms with Gasteiger partial charge in [-0.25, -0.2) is 0 Å². The summed E-state index contributed by atoms with van der Waals surface area (Å²) in [6.07, 6.45) is 0. The Morgan fingerprint density at radius 1 is 0.893 bits per heavy atom. The van der Waals surface area contributed by atoms with Crippen LogP contribution in [-0.2, 0) is 9.59 Å². The molecule has 0 unspecified atom stereocenters. The van der Waals surface area contributed by atoms with Crippen LogP contribution in [0.2, 0.25) is 0 Å². The second kappa shape index (κ2) is 8.43. The van der Waals surface area contributed by atoms with E-state index in [2.05, 4.69) is 16.0 Å². The number of hydrogen-bond acceptors (Lipinski definition) is 4. The second-order valence-corrected chi connectivity index (χ2v) is 6.51. The van der Waals surface area contributed by atoms with Crippen LogP contribution in [0.15, 0.2) is 60.7 Å². The molecule has 0 aromatic heterocycles. The molecule has 144 valence electrons. The van der Waals surface area contributed by atoms with Gasteiger partial charge in [-0.2, -0.15) is 0 Å². The van der Waals surface area contributed by atoms with E-state index in [9.17, 15) is 9.59 Å². The number of benzene rings is 3. The SMILES string of the molecule is COc1ccc(NC(C)=O)cc1N[C@@H](C)C(=O)Nc1ccc2ccccc2c1. The monoisotopic (exact) mass is 377 g/mol. The number of hydrogen-bond donors (Lipinski definition) is 3. The van der Waals surface area contributed by atoms with Gasteiger partial charge in [-0.15, -0.1) is 0 Å². The summed E-state index contributed by atoms with van der Waals surface area (Å²) < 4.78 is 5.35. The van der Waals surface area contributed by atoms with Gasteiger partial charge in [0, 0.05) is 18.3 Å². The number of carbonyl (C=O) groups excluding carboxylic acids is 2. The van der Waals surface area contributed by atoms with E-state index in [4.69, 9.17) is 4.74 Å². The highest BCUT2D eigenvalue weighted by Gasteiger charge is 2.16. The van der Waals surface area contributed by atoms with Crippen molar-refractivity contribution in [2.24, 2.45) is 0 Å². The number of fused-ring (bicyclic) bond motifs is 1. The van der Waals surface area contributed by atoms with E-state index < -0.39 is 6.04 Å². The van der Waals surface area contributed by atoms with Gasteiger partial charge in [0.15, 0.2) is 0 Å². The van der Waals surface area contributed by atoms with Crippen molar-refractivity contribution < 1.29 is 14.3 Å². The summed E-state index contributed by atoms with van der Waals surface area (Å²) in [5.41, 5.74) is 1.98. The lowest BCUT2D eigenvalue weighted by atomic mass is 10.1. The minimum atomic E-state index is -0.520. The molecular formula is C22H23N3O3. The average molecular weight is 377 g/mol. The molecule has 1 atom stereocenters. The number of anilines is 3. The molecule has 0 aliphatic rings. The van der Waals surface area contributed by atoms with E-state index >= 15 is 0 Å². The number of rotatable bonds is 6. The Balaban J connectivity index is 1.73. The van der Waals surface area contributed by atoms with Crippen LogP contribution in [0.25, 0.3) is 10.8 Å². The van der Waals surface area contributed by atoms with Gasteiger partial charge < -0.3 is 20.7 Å². The predicted octanol–water partition coefficient (Wildman–Crippen LogP) is 4.25. The molecule has 0 bridgehead atoms. The number of methoxy groups -OCH3 is 1. The third kappa shape index (κ3) is 4.59. The maximum absolute atomic E-state index is 12.6. The molecule has 6 nitrogen and oxygen atoms in total. The van der Waals surface area contributed by atoms with Gasteiger partial charge >= 0.3 is 0 Å². The van der Waals surface area contributed by atoms with Gasteiger partial charge in [-0.3, -0.25) is 9.59 Å². The summed E-state index contributed by atoms with van der Waals surface area (Å²) in [7, 11) is 1.55. The Labute approximate surface area is 163 Å². The minimum Gasteiger partial charge on any atom is -0.495 e. The molecule has 0 fully saturated rings. The Bertz CT molecular complexity index is 1020. The van der Waals surface area contributed by atoms with E-state index in [0.29, 0.717) is 17.1 Å². The van der Waals surface area contributed by atoms with E-state index in [0.717, 1.165) is 16.5 Å². The highest BCUT2D eigenvalue weighted by Crippen LogP contribution is 2.28. The first-order valence-corrected chi connectivity index (χ1v) is 8.98. The average Bonchev–Trinajstić information content (AvgIpc) is 2.67. The third-order valence-corrected chi connectivity index (χ3v) is 4.30. The quantitative estimate of drug-likeness (QED) is 0.600. The highest BCUT2D eigenvalue weighted by molar-refractivity contribution is 5.98. The highest BCUT2D eigenvalue weighted by atomic mass is 16.5. The maximum Gasteiger partial charge on any atom is 0.246 e. The number of carbonyl (C=O) groups is 2. The standard InChI is InChI=1S/C22H23N3O3/c1-14(23-20-13-19(24-15(2)26)10-11-21(20)28-3)22(27)25-18-9-8-16-6-4-5-7-17(16)12-18/h4-14,23H,1-3H3,(H,24,26)(H,25,27)/t14-/m0/s1. The van der Waals surface area contributed by atoms with Gasteiger partial charge in [-0.05, 0) is 48.0 Å². The largest absolute Gasteiger partial charge is 0.495 e. The summed E-state index contributed by atoms with van der Waals surface area (Å²) in [6.45, 7) is 3.21. The van der Waals surface area contributed by atoms with Crippen LogP contribution < -0.4 is 20.7 Å². The third-order valence-electron chi connectivity index (χ3n) is 4.30. The molecule has 0 spiro atoms. The van der Waals surface area contributed by atoms with E-state index in [1.165, 1.54) is 6.92 Å². The van der Waals surface area contributed by atoms with E-state index in [-0.39, 0.29) is 11.8 Å². The Morgan fingerprint density at radius 2 is 1.57 bits per heavy atom. The zero-order valence-electron chi connectivity index (χ0n) is 16.1. The van der Waals surface area contributed by atoms with Crippen molar-refractivity contribution in [3.05, 3.63) is 60.7 Å². The van der Waals surface area contributed by atoms with Crippen LogP contribution in [0, 0.1) is 0 Å². The molecule has 0 saturated heterocycles. The van der Waals surface area contributed by atoms with Gasteiger partial charge in [-0.1, -0.05) is 30.3 Å². The summed E-state index contributed by atoms with van der Waals surface area (Å²) in [6, 6.07) is 18.5. The molecule has 0 heterocycles. The van der Waals surface area contributed by atoms with Crippen LogP contribution in [0.5, 0.6) is 5.75 Å². The maximum atomic E-state index is 12.6. The van der Waals surface area contributed by atoms with E-state index in [1.807, 2.05) is 42.5 Å². The van der Waals surface area contributed by atoms with Crippen molar-refractivity contribution in [3.8, 4) is 5.75 Å². The van der Waals surface area contributed by atoms with Crippen molar-refractivity contribution in [1.82, 2.24) is 0 Å². The fourth-order valence-corrected chi connectivity index (χ4v) is 2.92. The normalized spacial score (nSPS) is 11.5. The van der Waals surface area contributed by atoms with Gasteiger partial charge in [0.25, 0.3) is 0 Å². The van der Waals surface area contributed by atoms with Crippen molar-refractivity contribution in [2.45, 2.75) is 19.9 Å². The molecule has 0 aliphatic carbocycles. The first-order chi connectivity index (χ1) is 13.5. The van der Waals surface area contributed by atoms with Crippen LogP contribution in [-0.4, -0.2) is 25.0 Å². The fraction of sp³-hybridized carbons (Fsp3) is 0.182. The van der Waals surface area contributed by atoms with Crippen LogP contribution in [0.1, 0.15) is 13.8 Å². The van der Waals surface area contributed by atoms with Crippen molar-refractivity contribution >= 4 is 39.6 Å². The summed E-state index contributed by atoms with van der Waals surface area (Å²) >= 11 is 0. The van der Waals surface area contributed by atoms with Crippen LogP contribution in [0.3, 0.4) is 0 Å². The molecule has 3 aromatic carbocycles. The summed E-state index contributed by atoms with van der Waals surface area (Å²) in [5.74, 6) is 0.236. The second-order valence-electron chi connectivity index (χ2n) is 6.51. The van der Waals surface area contributed by atoms with Crippen LogP contribution in [0.4, 0.5) is 17.1 Å². The first kappa shape index (κ1) is 19.2. The van der Waals surface area contributed by atoms with Gasteiger partial charge in [0.1, 0.15) is 11.8 Å². The summed E-state index contributed by atoms with van der Waals surface area (Å²) in [5, 5.41) is 11.0. The lowest BCUT2D eigenvalue weighted by Gasteiger charge is -2.18. The number of amides is 2. The Hall–Kier alpha value is -3.54. The molecular weight excluding hydrogens is 354 g/mol. The molecule has 0 radical (unpaired) electrons. The topological polar surface area (TPSA) is 79.5 Å². The molecule has 2 amide bonds. The molecule has 28 heavy (non-hydrogen) atoms. The molecule has 3 aromatic rings. The molecule has 3 rings (SSSR count). The fourth-order valence-electron chi connectivity index (χ4n) is 2.92. The van der Waals surface area contributed by atoms with Crippen molar-refractivity contribution in [3.63, 3.8) is 0 Å². The van der Waals surface area contributed by atoms with Gasteiger partial charge in [0.05, 0.1) is 12.8 Å². The van der Waals surface area contributed by atoms with Crippen LogP contribution >= 0.6 is 0 Å². The van der Waals surface area contributed by atoms with Crippen molar-refractivity contribution in [2.75, 3.05) is 23.1 Å². The first-order valence-electron chi connectivity index (χ1n) is 8.98. The minimum absolute atomic E-state index is 0.168. The van der Waals surface area contributed by atoms with Crippen molar-refractivity contribution in [1.29, 1.82) is 0 Å². The number of ether oxygens (including phenoxy) is 1. The Morgan fingerprint density at radius 3 is 2.29 bits per heavy atom. The summed E-state index contributed by atoms with van der Waals surface area (Å²) in [4.78, 5) is 23.9.